The number of carbonyl (C=O) groups excluding carboxylic acids is 2. The number of carbonyl (C=O) groups is 2. The van der Waals surface area contributed by atoms with E-state index in [1.807, 2.05) is 13.8 Å². The average molecular weight is 493 g/mol. The maximum Gasteiger partial charge on any atom is 0.363 e. The zero-order valence-electron chi connectivity index (χ0n) is 16.4. The number of rotatable bonds is 7. The summed E-state index contributed by atoms with van der Waals surface area (Å²) in [6, 6.07) is 10.4. The fourth-order valence-corrected chi connectivity index (χ4v) is 3.48. The highest BCUT2D eigenvalue weighted by Gasteiger charge is 2.26. The molecule has 0 spiro atoms. The predicted octanol–water partition coefficient (Wildman–Crippen LogP) is 5.55. The van der Waals surface area contributed by atoms with E-state index in [4.69, 9.17) is 25.8 Å². The molecule has 0 fully saturated rings. The molecule has 0 saturated heterocycles. The van der Waals surface area contributed by atoms with Crippen molar-refractivity contribution in [3.8, 4) is 11.5 Å². The Morgan fingerprint density at radius 1 is 1.27 bits per heavy atom. The summed E-state index contributed by atoms with van der Waals surface area (Å²) < 4.78 is 16.9. The summed E-state index contributed by atoms with van der Waals surface area (Å²) in [6.45, 7) is 4.10. The van der Waals surface area contributed by atoms with Gasteiger partial charge in [-0.2, -0.15) is 0 Å². The van der Waals surface area contributed by atoms with Crippen LogP contribution >= 0.6 is 27.5 Å². The third-order valence-electron chi connectivity index (χ3n) is 4.03. The van der Waals surface area contributed by atoms with Gasteiger partial charge in [-0.3, -0.25) is 4.79 Å². The molecule has 1 aliphatic heterocycles. The van der Waals surface area contributed by atoms with Crippen molar-refractivity contribution in [1.29, 1.82) is 0 Å². The molecule has 1 heterocycles. The van der Waals surface area contributed by atoms with Gasteiger partial charge >= 0.3 is 11.9 Å². The number of hydrogen-bond acceptors (Lipinski definition) is 6. The Hall–Kier alpha value is -2.64. The maximum atomic E-state index is 12.3. The summed E-state index contributed by atoms with van der Waals surface area (Å²) in [5.74, 6) is -0.112. The topological polar surface area (TPSA) is 74.2 Å². The molecule has 2 aromatic carbocycles. The van der Waals surface area contributed by atoms with E-state index in [-0.39, 0.29) is 17.6 Å². The van der Waals surface area contributed by atoms with Gasteiger partial charge in [-0.15, -0.1) is 0 Å². The van der Waals surface area contributed by atoms with E-state index in [1.165, 1.54) is 0 Å². The number of benzene rings is 2. The first kappa shape index (κ1) is 22.1. The zero-order chi connectivity index (χ0) is 21.7. The van der Waals surface area contributed by atoms with E-state index in [9.17, 15) is 9.59 Å². The van der Waals surface area contributed by atoms with Gasteiger partial charge in [-0.25, -0.2) is 9.79 Å². The van der Waals surface area contributed by atoms with Crippen molar-refractivity contribution in [2.24, 2.45) is 4.99 Å². The molecule has 30 heavy (non-hydrogen) atoms. The molecule has 1 aliphatic rings. The van der Waals surface area contributed by atoms with Crippen molar-refractivity contribution in [3.63, 3.8) is 0 Å². The number of nitrogens with zero attached hydrogens (tertiary/aromatic N) is 1. The quantitative estimate of drug-likeness (QED) is 0.288. The molecule has 0 unspecified atom stereocenters. The summed E-state index contributed by atoms with van der Waals surface area (Å²) in [5, 5.41) is 0.435. The molecular formula is C22H19BrClNO5. The first-order chi connectivity index (χ1) is 14.4. The summed E-state index contributed by atoms with van der Waals surface area (Å²) in [6.07, 6.45) is 2.55. The number of cyclic esters (lactones) is 1. The third kappa shape index (κ3) is 5.09. The smallest absolute Gasteiger partial charge is 0.363 e. The van der Waals surface area contributed by atoms with Crippen molar-refractivity contribution in [2.45, 2.75) is 26.7 Å². The van der Waals surface area contributed by atoms with Crippen LogP contribution in [0.15, 0.2) is 51.6 Å². The number of aliphatic imine (C=N–C) groups is 1. The van der Waals surface area contributed by atoms with Crippen molar-refractivity contribution < 1.29 is 23.8 Å². The van der Waals surface area contributed by atoms with Crippen LogP contribution < -0.4 is 9.47 Å². The summed E-state index contributed by atoms with van der Waals surface area (Å²) >= 11 is 9.58. The van der Waals surface area contributed by atoms with E-state index < -0.39 is 5.97 Å². The molecule has 0 aromatic heterocycles. The molecule has 0 amide bonds. The Morgan fingerprint density at radius 3 is 2.73 bits per heavy atom. The lowest BCUT2D eigenvalue weighted by atomic mass is 10.1. The van der Waals surface area contributed by atoms with Crippen LogP contribution in [0.3, 0.4) is 0 Å². The molecule has 0 N–H and O–H groups in total. The normalized spacial score (nSPS) is 14.5. The Bertz CT molecular complexity index is 1050. The second kappa shape index (κ2) is 9.91. The van der Waals surface area contributed by atoms with E-state index in [0.717, 1.165) is 0 Å². The minimum Gasteiger partial charge on any atom is -0.490 e. The predicted molar refractivity (Wildman–Crippen MR) is 118 cm³/mol. The fourth-order valence-electron chi connectivity index (χ4n) is 2.72. The van der Waals surface area contributed by atoms with Crippen LogP contribution in [0.5, 0.6) is 11.5 Å². The van der Waals surface area contributed by atoms with Gasteiger partial charge in [0, 0.05) is 6.42 Å². The van der Waals surface area contributed by atoms with Crippen LogP contribution in [0.2, 0.25) is 5.02 Å². The summed E-state index contributed by atoms with van der Waals surface area (Å²) in [4.78, 5) is 28.5. The molecule has 0 atom stereocenters. The fraction of sp³-hybridized carbons (Fsp3) is 0.227. The van der Waals surface area contributed by atoms with Crippen molar-refractivity contribution in [1.82, 2.24) is 0 Å². The lowest BCUT2D eigenvalue weighted by Gasteiger charge is -2.13. The van der Waals surface area contributed by atoms with Crippen LogP contribution in [0.1, 0.15) is 37.8 Å². The van der Waals surface area contributed by atoms with Gasteiger partial charge in [-0.1, -0.05) is 30.7 Å². The van der Waals surface area contributed by atoms with Gasteiger partial charge in [0.2, 0.25) is 5.90 Å². The Labute approximate surface area is 187 Å². The highest BCUT2D eigenvalue weighted by molar-refractivity contribution is 9.10. The van der Waals surface area contributed by atoms with Gasteiger partial charge in [0.05, 0.1) is 21.7 Å². The molecule has 8 heteroatoms. The third-order valence-corrected chi connectivity index (χ3v) is 4.95. The molecule has 0 aliphatic carbocycles. The maximum absolute atomic E-state index is 12.3. The zero-order valence-corrected chi connectivity index (χ0v) is 18.7. The van der Waals surface area contributed by atoms with Crippen molar-refractivity contribution >= 4 is 51.4 Å². The first-order valence-electron chi connectivity index (χ1n) is 9.37. The number of ether oxygens (including phenoxy) is 3. The van der Waals surface area contributed by atoms with Crippen LogP contribution in [0.25, 0.3) is 6.08 Å². The van der Waals surface area contributed by atoms with E-state index in [0.29, 0.717) is 51.6 Å². The van der Waals surface area contributed by atoms with Gasteiger partial charge in [-0.05, 0) is 65.2 Å². The van der Waals surface area contributed by atoms with E-state index in [1.54, 1.807) is 42.5 Å². The highest BCUT2D eigenvalue weighted by Crippen LogP contribution is 2.38. The monoisotopic (exact) mass is 491 g/mol. The van der Waals surface area contributed by atoms with E-state index >= 15 is 0 Å². The number of halogens is 2. The molecular weight excluding hydrogens is 474 g/mol. The number of hydrogen-bond donors (Lipinski definition) is 0. The summed E-state index contributed by atoms with van der Waals surface area (Å²) in [7, 11) is 0. The minimum absolute atomic E-state index is 0.120. The molecule has 0 saturated carbocycles. The van der Waals surface area contributed by atoms with Crippen LogP contribution in [-0.4, -0.2) is 24.4 Å². The minimum atomic E-state index is -0.586. The largest absolute Gasteiger partial charge is 0.490 e. The van der Waals surface area contributed by atoms with Gasteiger partial charge in [0.25, 0.3) is 0 Å². The highest BCUT2D eigenvalue weighted by atomic mass is 79.9. The standard InChI is InChI=1S/C22H19BrClNO5/c1-3-7-19(26)29-20-15(23)10-13(12-18(20)28-4-2)11-17-22(27)30-21(25-17)14-8-5-6-9-16(14)24/h5-6,8-12H,3-4,7H2,1-2H3/b17-11-. The molecule has 156 valence electrons. The first-order valence-corrected chi connectivity index (χ1v) is 10.5. The Morgan fingerprint density at radius 2 is 2.03 bits per heavy atom. The summed E-state index contributed by atoms with van der Waals surface area (Å²) in [5.41, 5.74) is 1.28. The molecule has 0 bridgehead atoms. The Kier molecular flexibility index (Phi) is 7.29. The lowest BCUT2D eigenvalue weighted by molar-refractivity contribution is -0.134. The Balaban J connectivity index is 1.95. The van der Waals surface area contributed by atoms with Crippen molar-refractivity contribution in [2.75, 3.05) is 6.61 Å². The second-order valence-corrected chi connectivity index (χ2v) is 7.56. The SMILES string of the molecule is CCCC(=O)Oc1c(Br)cc(/C=C2\N=C(c3ccccc3Cl)OC2=O)cc1OCC. The number of esters is 2. The molecule has 3 rings (SSSR count). The second-order valence-electron chi connectivity index (χ2n) is 6.30. The molecule has 2 aromatic rings. The van der Waals surface area contributed by atoms with Crippen molar-refractivity contribution in [3.05, 3.63) is 62.7 Å². The van der Waals surface area contributed by atoms with Gasteiger partial charge in [0.1, 0.15) is 0 Å². The van der Waals surface area contributed by atoms with Crippen LogP contribution in [-0.2, 0) is 14.3 Å². The average Bonchev–Trinajstić information content (AvgIpc) is 3.05. The van der Waals surface area contributed by atoms with Gasteiger partial charge in [0.15, 0.2) is 17.2 Å². The molecule has 6 nitrogen and oxygen atoms in total. The lowest BCUT2D eigenvalue weighted by Crippen LogP contribution is -2.09. The van der Waals surface area contributed by atoms with Crippen LogP contribution in [0.4, 0.5) is 0 Å². The van der Waals surface area contributed by atoms with Gasteiger partial charge < -0.3 is 14.2 Å². The van der Waals surface area contributed by atoms with E-state index in [2.05, 4.69) is 20.9 Å². The molecule has 0 radical (unpaired) electrons. The van der Waals surface area contributed by atoms with Crippen LogP contribution in [0, 0.1) is 0 Å².